The van der Waals surface area contributed by atoms with Crippen LogP contribution in [0.3, 0.4) is 0 Å². The van der Waals surface area contributed by atoms with Gasteiger partial charge in [0.05, 0.1) is 17.6 Å². The summed E-state index contributed by atoms with van der Waals surface area (Å²) in [7, 11) is 0. The number of aromatic nitrogens is 2. The largest absolute Gasteiger partial charge is 0.476 e. The SMILES string of the molecule is CCCCCCCCC(CCCCCC)COc1nc2cc(F)c(F)cc2nc1C. The van der Waals surface area contributed by atoms with E-state index >= 15 is 0 Å². The molecule has 0 saturated heterocycles. The van der Waals surface area contributed by atoms with Crippen LogP contribution in [0.4, 0.5) is 8.78 Å². The van der Waals surface area contributed by atoms with Crippen molar-refractivity contribution < 1.29 is 13.5 Å². The molecule has 1 heterocycles. The number of unbranched alkanes of at least 4 members (excludes halogenated alkanes) is 8. The number of hydrogen-bond acceptors (Lipinski definition) is 3. The molecule has 1 aromatic carbocycles. The maximum atomic E-state index is 13.6. The Morgan fingerprint density at radius 3 is 1.87 bits per heavy atom. The van der Waals surface area contributed by atoms with Crippen molar-refractivity contribution in [3.63, 3.8) is 0 Å². The van der Waals surface area contributed by atoms with E-state index in [1.165, 1.54) is 64.2 Å². The van der Waals surface area contributed by atoms with Crippen molar-refractivity contribution in [2.75, 3.05) is 6.61 Å². The van der Waals surface area contributed by atoms with Crippen LogP contribution in [0.5, 0.6) is 5.88 Å². The highest BCUT2D eigenvalue weighted by molar-refractivity contribution is 5.75. The third-order valence-electron chi connectivity index (χ3n) is 5.72. The highest BCUT2D eigenvalue weighted by atomic mass is 19.2. The Kier molecular flexibility index (Phi) is 11.0. The molecule has 0 radical (unpaired) electrons. The van der Waals surface area contributed by atoms with Crippen LogP contribution in [-0.2, 0) is 0 Å². The van der Waals surface area contributed by atoms with E-state index in [0.29, 0.717) is 35.1 Å². The zero-order valence-corrected chi connectivity index (χ0v) is 19.0. The summed E-state index contributed by atoms with van der Waals surface area (Å²) < 4.78 is 33.1. The number of benzene rings is 1. The fourth-order valence-electron chi connectivity index (χ4n) is 3.84. The lowest BCUT2D eigenvalue weighted by molar-refractivity contribution is 0.216. The van der Waals surface area contributed by atoms with Gasteiger partial charge in [-0.15, -0.1) is 0 Å². The molecule has 0 bridgehead atoms. The quantitative estimate of drug-likeness (QED) is 0.274. The zero-order valence-electron chi connectivity index (χ0n) is 19.0. The van der Waals surface area contributed by atoms with Crippen molar-refractivity contribution in [3.8, 4) is 5.88 Å². The predicted molar refractivity (Wildman–Crippen MR) is 120 cm³/mol. The summed E-state index contributed by atoms with van der Waals surface area (Å²) in [5.41, 5.74) is 1.28. The van der Waals surface area contributed by atoms with Gasteiger partial charge in [0.25, 0.3) is 0 Å². The van der Waals surface area contributed by atoms with Gasteiger partial charge in [0.2, 0.25) is 5.88 Å². The van der Waals surface area contributed by atoms with Crippen LogP contribution in [-0.4, -0.2) is 16.6 Å². The van der Waals surface area contributed by atoms with Crippen molar-refractivity contribution in [3.05, 3.63) is 29.5 Å². The van der Waals surface area contributed by atoms with Gasteiger partial charge in [-0.3, -0.25) is 0 Å². The van der Waals surface area contributed by atoms with Crippen LogP contribution in [0.25, 0.3) is 11.0 Å². The van der Waals surface area contributed by atoms with Crippen LogP contribution >= 0.6 is 0 Å². The molecule has 3 nitrogen and oxygen atoms in total. The molecule has 30 heavy (non-hydrogen) atoms. The molecule has 2 aromatic rings. The van der Waals surface area contributed by atoms with Gasteiger partial charge in [0, 0.05) is 12.1 Å². The van der Waals surface area contributed by atoms with Crippen molar-refractivity contribution in [1.82, 2.24) is 9.97 Å². The number of ether oxygens (including phenoxy) is 1. The lowest BCUT2D eigenvalue weighted by Crippen LogP contribution is -2.14. The van der Waals surface area contributed by atoms with Gasteiger partial charge in [-0.05, 0) is 25.7 Å². The fraction of sp³-hybridized carbons (Fsp3) is 0.680. The van der Waals surface area contributed by atoms with Crippen LogP contribution < -0.4 is 4.74 Å². The number of nitrogens with zero attached hydrogens (tertiary/aromatic N) is 2. The molecule has 1 unspecified atom stereocenters. The first-order valence-corrected chi connectivity index (χ1v) is 11.8. The first kappa shape index (κ1) is 24.5. The molecule has 5 heteroatoms. The minimum atomic E-state index is -0.913. The number of hydrogen-bond donors (Lipinski definition) is 0. The standard InChI is InChI=1S/C25H38F2N2O/c1-4-6-8-10-11-13-15-20(14-12-9-7-5-2)18-30-25-19(3)28-23-16-21(26)22(27)17-24(23)29-25/h16-17,20H,4-15,18H2,1-3H3. The average Bonchev–Trinajstić information content (AvgIpc) is 2.72. The Balaban J connectivity index is 1.94. The Bertz CT molecular complexity index is 766. The molecule has 0 fully saturated rings. The molecule has 0 saturated carbocycles. The average molecular weight is 421 g/mol. The van der Waals surface area contributed by atoms with Crippen LogP contribution in [0.1, 0.15) is 96.6 Å². The Morgan fingerprint density at radius 2 is 1.27 bits per heavy atom. The summed E-state index contributed by atoms with van der Waals surface area (Å²) in [5.74, 6) is -0.899. The first-order chi connectivity index (χ1) is 14.5. The molecule has 0 amide bonds. The molecule has 1 aromatic heterocycles. The summed E-state index contributed by atoms with van der Waals surface area (Å²) >= 11 is 0. The smallest absolute Gasteiger partial charge is 0.235 e. The van der Waals surface area contributed by atoms with E-state index in [1.807, 2.05) is 0 Å². The van der Waals surface area contributed by atoms with Gasteiger partial charge < -0.3 is 4.74 Å². The molecule has 0 aliphatic carbocycles. The maximum Gasteiger partial charge on any atom is 0.235 e. The second-order valence-corrected chi connectivity index (χ2v) is 8.45. The predicted octanol–water partition coefficient (Wildman–Crippen LogP) is 7.93. The van der Waals surface area contributed by atoms with E-state index in [4.69, 9.17) is 4.74 Å². The topological polar surface area (TPSA) is 35.0 Å². The van der Waals surface area contributed by atoms with E-state index in [0.717, 1.165) is 25.0 Å². The second kappa shape index (κ2) is 13.5. The maximum absolute atomic E-state index is 13.6. The molecular weight excluding hydrogens is 382 g/mol. The summed E-state index contributed by atoms with van der Waals surface area (Å²) in [6.07, 6.45) is 15.1. The Morgan fingerprint density at radius 1 is 0.767 bits per heavy atom. The molecule has 0 N–H and O–H groups in total. The van der Waals surface area contributed by atoms with Crippen molar-refractivity contribution in [2.45, 2.75) is 97.8 Å². The Hall–Kier alpha value is -1.78. The molecule has 0 aliphatic rings. The molecule has 168 valence electrons. The molecule has 0 spiro atoms. The van der Waals surface area contributed by atoms with Gasteiger partial charge >= 0.3 is 0 Å². The van der Waals surface area contributed by atoms with E-state index < -0.39 is 11.6 Å². The van der Waals surface area contributed by atoms with Crippen molar-refractivity contribution >= 4 is 11.0 Å². The van der Waals surface area contributed by atoms with E-state index in [-0.39, 0.29) is 0 Å². The third kappa shape index (κ3) is 8.16. The van der Waals surface area contributed by atoms with Crippen molar-refractivity contribution in [2.24, 2.45) is 5.92 Å². The zero-order chi connectivity index (χ0) is 21.8. The van der Waals surface area contributed by atoms with Gasteiger partial charge in [0.15, 0.2) is 11.6 Å². The van der Waals surface area contributed by atoms with Gasteiger partial charge in [-0.1, -0.05) is 78.1 Å². The number of halogens is 2. The van der Waals surface area contributed by atoms with Gasteiger partial charge in [-0.25, -0.2) is 18.7 Å². The summed E-state index contributed by atoms with van der Waals surface area (Å²) in [6, 6.07) is 2.17. The van der Waals surface area contributed by atoms with Crippen molar-refractivity contribution in [1.29, 1.82) is 0 Å². The summed E-state index contributed by atoms with van der Waals surface area (Å²) in [5, 5.41) is 0. The Labute approximate surface area is 180 Å². The lowest BCUT2D eigenvalue weighted by atomic mass is 9.95. The van der Waals surface area contributed by atoms with E-state index in [1.54, 1.807) is 6.92 Å². The second-order valence-electron chi connectivity index (χ2n) is 8.45. The number of fused-ring (bicyclic) bond motifs is 1. The normalized spacial score (nSPS) is 12.4. The van der Waals surface area contributed by atoms with Crippen LogP contribution in [0.15, 0.2) is 12.1 Å². The van der Waals surface area contributed by atoms with Crippen LogP contribution in [0.2, 0.25) is 0 Å². The minimum absolute atomic E-state index is 0.324. The number of aryl methyl sites for hydroxylation is 1. The summed E-state index contributed by atoms with van der Waals surface area (Å²) in [4.78, 5) is 8.75. The lowest BCUT2D eigenvalue weighted by Gasteiger charge is -2.18. The monoisotopic (exact) mass is 420 g/mol. The molecule has 2 rings (SSSR count). The summed E-state index contributed by atoms with van der Waals surface area (Å²) in [6.45, 7) is 6.87. The molecule has 0 aliphatic heterocycles. The third-order valence-corrected chi connectivity index (χ3v) is 5.72. The number of rotatable bonds is 15. The van der Waals surface area contributed by atoms with E-state index in [9.17, 15) is 8.78 Å². The highest BCUT2D eigenvalue weighted by Gasteiger charge is 2.14. The molecule has 1 atom stereocenters. The highest BCUT2D eigenvalue weighted by Crippen LogP contribution is 2.24. The van der Waals surface area contributed by atoms with E-state index in [2.05, 4.69) is 23.8 Å². The van der Waals surface area contributed by atoms with Gasteiger partial charge in [0.1, 0.15) is 5.69 Å². The molecular formula is C25H38F2N2O. The fourth-order valence-corrected chi connectivity index (χ4v) is 3.84. The minimum Gasteiger partial charge on any atom is -0.476 e. The van der Waals surface area contributed by atoms with Gasteiger partial charge in [-0.2, -0.15) is 0 Å². The van der Waals surface area contributed by atoms with Crippen LogP contribution in [0, 0.1) is 24.5 Å². The first-order valence-electron chi connectivity index (χ1n) is 11.8.